The lowest BCUT2D eigenvalue weighted by Crippen LogP contribution is -2.36. The van der Waals surface area contributed by atoms with Gasteiger partial charge in [-0.15, -0.1) is 0 Å². The number of rotatable bonds is 6. The molecule has 4 rings (SSSR count). The summed E-state index contributed by atoms with van der Waals surface area (Å²) >= 11 is 0. The van der Waals surface area contributed by atoms with Gasteiger partial charge in [0.2, 0.25) is 11.8 Å². The Balaban J connectivity index is 1.43. The smallest absolute Gasteiger partial charge is 0.272 e. The van der Waals surface area contributed by atoms with E-state index >= 15 is 0 Å². The Morgan fingerprint density at radius 2 is 2.27 bits per heavy atom. The van der Waals surface area contributed by atoms with Gasteiger partial charge in [-0.3, -0.25) is 14.7 Å². The van der Waals surface area contributed by atoms with E-state index in [0.717, 1.165) is 11.3 Å². The highest BCUT2D eigenvalue weighted by Gasteiger charge is 2.29. The van der Waals surface area contributed by atoms with E-state index in [1.165, 1.54) is 7.11 Å². The second kappa shape index (κ2) is 8.31. The number of amides is 2. The van der Waals surface area contributed by atoms with Crippen molar-refractivity contribution in [2.45, 2.75) is 32.9 Å². The summed E-state index contributed by atoms with van der Waals surface area (Å²) in [6.45, 7) is 2.81. The molecule has 0 saturated heterocycles. The average molecular weight is 411 g/mol. The fourth-order valence-corrected chi connectivity index (χ4v) is 3.31. The number of hydrogen-bond acceptors (Lipinski definition) is 8. The number of methoxy groups -OCH3 is 1. The Bertz CT molecular complexity index is 1070. The van der Waals surface area contributed by atoms with E-state index in [0.29, 0.717) is 48.9 Å². The normalized spacial score (nSPS) is 13.1. The number of aromatic nitrogens is 5. The van der Waals surface area contributed by atoms with Crippen LogP contribution in [0.2, 0.25) is 0 Å². The SMILES string of the molecule is CCc1noc(CNC(=O)c2n[nH]c3c2CCN(C(=O)c2cccnc2OC)C3)n1. The molecule has 0 aromatic carbocycles. The van der Waals surface area contributed by atoms with Crippen molar-refractivity contribution < 1.29 is 18.8 Å². The van der Waals surface area contributed by atoms with E-state index in [9.17, 15) is 9.59 Å². The number of carbonyl (C=O) groups excluding carboxylic acids is 2. The van der Waals surface area contributed by atoms with E-state index in [1.54, 1.807) is 23.2 Å². The molecule has 0 bridgehead atoms. The lowest BCUT2D eigenvalue weighted by atomic mass is 10.0. The molecule has 4 heterocycles. The highest BCUT2D eigenvalue weighted by molar-refractivity contribution is 5.97. The highest BCUT2D eigenvalue weighted by Crippen LogP contribution is 2.24. The van der Waals surface area contributed by atoms with Crippen molar-refractivity contribution in [3.05, 3.63) is 52.6 Å². The number of pyridine rings is 1. The van der Waals surface area contributed by atoms with E-state index in [1.807, 2.05) is 6.92 Å². The number of aromatic amines is 1. The summed E-state index contributed by atoms with van der Waals surface area (Å²) in [6.07, 6.45) is 2.73. The molecule has 0 radical (unpaired) electrons. The quantitative estimate of drug-likeness (QED) is 0.610. The van der Waals surface area contributed by atoms with Crippen molar-refractivity contribution in [3.63, 3.8) is 0 Å². The first-order valence-electron chi connectivity index (χ1n) is 9.54. The van der Waals surface area contributed by atoms with Crippen LogP contribution < -0.4 is 10.1 Å². The van der Waals surface area contributed by atoms with Crippen molar-refractivity contribution in [2.75, 3.05) is 13.7 Å². The molecule has 1 aliphatic rings. The molecule has 156 valence electrons. The molecule has 1 aliphatic heterocycles. The van der Waals surface area contributed by atoms with Crippen LogP contribution >= 0.6 is 0 Å². The lowest BCUT2D eigenvalue weighted by Gasteiger charge is -2.27. The van der Waals surface area contributed by atoms with Crippen molar-refractivity contribution in [1.29, 1.82) is 0 Å². The van der Waals surface area contributed by atoms with Crippen molar-refractivity contribution >= 4 is 11.8 Å². The maximum Gasteiger partial charge on any atom is 0.272 e. The minimum Gasteiger partial charge on any atom is -0.480 e. The maximum atomic E-state index is 12.9. The largest absolute Gasteiger partial charge is 0.480 e. The van der Waals surface area contributed by atoms with Gasteiger partial charge in [0.15, 0.2) is 11.5 Å². The van der Waals surface area contributed by atoms with Crippen LogP contribution in [0.5, 0.6) is 5.88 Å². The third kappa shape index (κ3) is 3.73. The zero-order chi connectivity index (χ0) is 21.1. The first kappa shape index (κ1) is 19.6. The molecule has 0 fully saturated rings. The number of nitrogens with one attached hydrogen (secondary N) is 2. The molecule has 0 spiro atoms. The minimum absolute atomic E-state index is 0.124. The Labute approximate surface area is 171 Å². The van der Waals surface area contributed by atoms with Crippen molar-refractivity contribution in [1.82, 2.24) is 35.5 Å². The molecule has 0 atom stereocenters. The molecule has 3 aromatic rings. The molecule has 11 heteroatoms. The Kier molecular flexibility index (Phi) is 5.42. The molecule has 3 aromatic heterocycles. The standard InChI is InChI=1S/C19H21N7O4/c1-3-14-22-15(30-25-14)9-21-17(27)16-11-6-8-26(10-13(11)23-24-16)19(28)12-5-4-7-20-18(12)29-2/h4-5,7H,3,6,8-10H2,1-2H3,(H,21,27)(H,23,24). The second-order valence-electron chi connectivity index (χ2n) is 6.71. The summed E-state index contributed by atoms with van der Waals surface area (Å²) < 4.78 is 10.3. The number of carbonyl (C=O) groups is 2. The third-order valence-corrected chi connectivity index (χ3v) is 4.86. The van der Waals surface area contributed by atoms with E-state index < -0.39 is 0 Å². The van der Waals surface area contributed by atoms with E-state index in [-0.39, 0.29) is 24.2 Å². The van der Waals surface area contributed by atoms with Crippen LogP contribution in [-0.2, 0) is 25.9 Å². The Hall–Kier alpha value is -3.76. The fraction of sp³-hybridized carbons (Fsp3) is 0.368. The summed E-state index contributed by atoms with van der Waals surface area (Å²) in [4.78, 5) is 35.4. The number of nitrogens with zero attached hydrogens (tertiary/aromatic N) is 5. The number of H-pyrrole nitrogens is 1. The van der Waals surface area contributed by atoms with Crippen LogP contribution in [0.25, 0.3) is 0 Å². The first-order chi connectivity index (χ1) is 14.6. The van der Waals surface area contributed by atoms with Crippen LogP contribution in [-0.4, -0.2) is 55.7 Å². The van der Waals surface area contributed by atoms with Gasteiger partial charge in [0.25, 0.3) is 11.8 Å². The monoisotopic (exact) mass is 411 g/mol. The van der Waals surface area contributed by atoms with Gasteiger partial charge >= 0.3 is 0 Å². The summed E-state index contributed by atoms with van der Waals surface area (Å²) in [5.74, 6) is 0.690. The number of hydrogen-bond donors (Lipinski definition) is 2. The van der Waals surface area contributed by atoms with Gasteiger partial charge < -0.3 is 19.5 Å². The number of ether oxygens (including phenoxy) is 1. The summed E-state index contributed by atoms with van der Waals surface area (Å²) in [5.41, 5.74) is 2.24. The van der Waals surface area contributed by atoms with Crippen LogP contribution in [0.4, 0.5) is 0 Å². The summed E-state index contributed by atoms with van der Waals surface area (Å²) in [7, 11) is 1.48. The molecule has 11 nitrogen and oxygen atoms in total. The molecule has 30 heavy (non-hydrogen) atoms. The van der Waals surface area contributed by atoms with E-state index in [2.05, 4.69) is 30.6 Å². The number of fused-ring (bicyclic) bond motifs is 1. The Morgan fingerprint density at radius 3 is 3.03 bits per heavy atom. The van der Waals surface area contributed by atoms with Gasteiger partial charge in [-0.1, -0.05) is 12.1 Å². The fourth-order valence-electron chi connectivity index (χ4n) is 3.31. The van der Waals surface area contributed by atoms with Crippen LogP contribution in [0.1, 0.15) is 50.7 Å². The average Bonchev–Trinajstić information content (AvgIpc) is 3.43. The molecular weight excluding hydrogens is 390 g/mol. The van der Waals surface area contributed by atoms with Gasteiger partial charge in [-0.2, -0.15) is 10.1 Å². The van der Waals surface area contributed by atoms with Gasteiger partial charge in [-0.25, -0.2) is 4.98 Å². The van der Waals surface area contributed by atoms with Crippen molar-refractivity contribution in [2.24, 2.45) is 0 Å². The van der Waals surface area contributed by atoms with Crippen LogP contribution in [0, 0.1) is 0 Å². The molecule has 2 amide bonds. The molecule has 2 N–H and O–H groups in total. The maximum absolute atomic E-state index is 12.9. The van der Waals surface area contributed by atoms with Crippen LogP contribution in [0.15, 0.2) is 22.9 Å². The molecular formula is C19H21N7O4. The molecule has 0 saturated carbocycles. The predicted molar refractivity (Wildman–Crippen MR) is 103 cm³/mol. The second-order valence-corrected chi connectivity index (χ2v) is 6.71. The van der Waals surface area contributed by atoms with Gasteiger partial charge in [-0.05, 0) is 18.6 Å². The minimum atomic E-state index is -0.336. The zero-order valence-corrected chi connectivity index (χ0v) is 16.6. The molecule has 0 aliphatic carbocycles. The summed E-state index contributed by atoms with van der Waals surface area (Å²) in [6, 6.07) is 3.37. The van der Waals surface area contributed by atoms with Crippen LogP contribution in [0.3, 0.4) is 0 Å². The van der Waals surface area contributed by atoms with Gasteiger partial charge in [0, 0.05) is 24.7 Å². The van der Waals surface area contributed by atoms with Crippen molar-refractivity contribution in [3.8, 4) is 5.88 Å². The topological polar surface area (TPSA) is 139 Å². The van der Waals surface area contributed by atoms with Gasteiger partial charge in [0.1, 0.15) is 5.56 Å². The Morgan fingerprint density at radius 1 is 1.40 bits per heavy atom. The summed E-state index contributed by atoms with van der Waals surface area (Å²) in [5, 5.41) is 13.6. The zero-order valence-electron chi connectivity index (χ0n) is 16.6. The first-order valence-corrected chi connectivity index (χ1v) is 9.54. The predicted octanol–water partition coefficient (Wildman–Crippen LogP) is 0.887. The van der Waals surface area contributed by atoms with E-state index in [4.69, 9.17) is 9.26 Å². The number of aryl methyl sites for hydroxylation is 1. The third-order valence-electron chi connectivity index (χ3n) is 4.86. The highest BCUT2D eigenvalue weighted by atomic mass is 16.5. The lowest BCUT2D eigenvalue weighted by molar-refractivity contribution is 0.0728. The molecule has 0 unspecified atom stereocenters. The van der Waals surface area contributed by atoms with Gasteiger partial charge in [0.05, 0.1) is 25.9 Å².